The summed E-state index contributed by atoms with van der Waals surface area (Å²) in [7, 11) is 0. The zero-order chi connectivity index (χ0) is 11.4. The van der Waals surface area contributed by atoms with Crippen molar-refractivity contribution in [3.63, 3.8) is 0 Å². The summed E-state index contributed by atoms with van der Waals surface area (Å²) in [6, 6.07) is 0. The average molecular weight is 226 g/mol. The van der Waals surface area contributed by atoms with E-state index in [1.54, 1.807) is 0 Å². The first-order valence-electron chi connectivity index (χ1n) is 6.22. The summed E-state index contributed by atoms with van der Waals surface area (Å²) in [6.45, 7) is 0.182. The first-order chi connectivity index (χ1) is 7.81. The summed E-state index contributed by atoms with van der Waals surface area (Å²) in [4.78, 5) is 11.7. The molecule has 0 heterocycles. The van der Waals surface area contributed by atoms with Crippen molar-refractivity contribution in [3.05, 3.63) is 12.2 Å². The van der Waals surface area contributed by atoms with Crippen LogP contribution in [0.15, 0.2) is 12.2 Å². The van der Waals surface area contributed by atoms with Crippen molar-refractivity contribution < 1.29 is 13.9 Å². The molecule has 2 aliphatic carbocycles. The first kappa shape index (κ1) is 11.6. The maximum absolute atomic E-state index is 11.8. The van der Waals surface area contributed by atoms with Crippen molar-refractivity contribution in [3.8, 4) is 0 Å². The van der Waals surface area contributed by atoms with Crippen LogP contribution in [0, 0.1) is 17.8 Å². The van der Waals surface area contributed by atoms with Crippen molar-refractivity contribution in [2.75, 3.05) is 13.3 Å². The van der Waals surface area contributed by atoms with Crippen LogP contribution in [0.2, 0.25) is 0 Å². The van der Waals surface area contributed by atoms with E-state index in [9.17, 15) is 9.18 Å². The molecule has 0 spiro atoms. The van der Waals surface area contributed by atoms with Crippen LogP contribution >= 0.6 is 0 Å². The molecular weight excluding hydrogens is 207 g/mol. The summed E-state index contributed by atoms with van der Waals surface area (Å²) >= 11 is 0. The van der Waals surface area contributed by atoms with Crippen molar-refractivity contribution in [2.24, 2.45) is 17.8 Å². The fourth-order valence-corrected chi connectivity index (χ4v) is 2.70. The molecule has 16 heavy (non-hydrogen) atoms. The van der Waals surface area contributed by atoms with Crippen LogP contribution in [0.4, 0.5) is 4.39 Å². The van der Waals surface area contributed by atoms with Crippen LogP contribution in [0.5, 0.6) is 0 Å². The highest BCUT2D eigenvalue weighted by Gasteiger charge is 2.40. The highest BCUT2D eigenvalue weighted by Crippen LogP contribution is 2.43. The third kappa shape index (κ3) is 2.63. The Morgan fingerprint density at radius 1 is 1.25 bits per heavy atom. The van der Waals surface area contributed by atoms with Gasteiger partial charge in [0.2, 0.25) is 0 Å². The molecule has 90 valence electrons. The van der Waals surface area contributed by atoms with E-state index < -0.39 is 0 Å². The maximum atomic E-state index is 11.8. The van der Waals surface area contributed by atoms with Crippen LogP contribution in [0.1, 0.15) is 32.1 Å². The second-order valence-electron chi connectivity index (χ2n) is 4.80. The Labute approximate surface area is 95.9 Å². The van der Waals surface area contributed by atoms with E-state index in [4.69, 9.17) is 4.74 Å². The van der Waals surface area contributed by atoms with Gasteiger partial charge in [0.15, 0.2) is 0 Å². The fraction of sp³-hybridized carbons (Fsp3) is 0.769. The summed E-state index contributed by atoms with van der Waals surface area (Å²) in [6.07, 6.45) is 8.63. The lowest BCUT2D eigenvalue weighted by molar-refractivity contribution is -0.149. The molecule has 1 fully saturated rings. The SMILES string of the molecule is O=C(OCCCCCF)C1CC2C=CC1C2. The fourth-order valence-electron chi connectivity index (χ4n) is 2.70. The minimum Gasteiger partial charge on any atom is -0.465 e. The van der Waals surface area contributed by atoms with Gasteiger partial charge in [0.1, 0.15) is 0 Å². The summed E-state index contributed by atoms with van der Waals surface area (Å²) in [5.41, 5.74) is 0. The molecule has 0 aromatic heterocycles. The van der Waals surface area contributed by atoms with Crippen molar-refractivity contribution in [2.45, 2.75) is 32.1 Å². The number of esters is 1. The number of ether oxygens (including phenoxy) is 1. The Kier molecular flexibility index (Phi) is 3.97. The quantitative estimate of drug-likeness (QED) is 0.395. The number of allylic oxidation sites excluding steroid dienone is 2. The van der Waals surface area contributed by atoms with Crippen molar-refractivity contribution in [1.29, 1.82) is 0 Å². The van der Waals surface area contributed by atoms with Crippen molar-refractivity contribution in [1.82, 2.24) is 0 Å². The van der Waals surface area contributed by atoms with E-state index in [0.29, 0.717) is 24.9 Å². The van der Waals surface area contributed by atoms with E-state index >= 15 is 0 Å². The predicted molar refractivity (Wildman–Crippen MR) is 59.6 cm³/mol. The lowest BCUT2D eigenvalue weighted by Gasteiger charge is -2.16. The minimum absolute atomic E-state index is 0.0444. The van der Waals surface area contributed by atoms with Gasteiger partial charge in [0, 0.05) is 0 Å². The van der Waals surface area contributed by atoms with E-state index in [0.717, 1.165) is 25.7 Å². The van der Waals surface area contributed by atoms with E-state index in [-0.39, 0.29) is 18.6 Å². The van der Waals surface area contributed by atoms with Crippen LogP contribution < -0.4 is 0 Å². The lowest BCUT2D eigenvalue weighted by Crippen LogP contribution is -2.21. The number of unbranched alkanes of at least 4 members (excludes halogenated alkanes) is 2. The van der Waals surface area contributed by atoms with Gasteiger partial charge < -0.3 is 4.74 Å². The Morgan fingerprint density at radius 2 is 2.12 bits per heavy atom. The molecule has 1 saturated carbocycles. The number of alkyl halides is 1. The van der Waals surface area contributed by atoms with Gasteiger partial charge in [-0.05, 0) is 43.9 Å². The zero-order valence-corrected chi connectivity index (χ0v) is 9.53. The second-order valence-corrected chi connectivity index (χ2v) is 4.80. The molecule has 2 aliphatic rings. The minimum atomic E-state index is -0.273. The molecule has 0 saturated heterocycles. The molecule has 0 aromatic rings. The highest BCUT2D eigenvalue weighted by molar-refractivity contribution is 5.74. The van der Waals surface area contributed by atoms with Gasteiger partial charge >= 0.3 is 5.97 Å². The average Bonchev–Trinajstić information content (AvgIpc) is 2.90. The lowest BCUT2D eigenvalue weighted by atomic mass is 9.94. The number of halogens is 1. The number of fused-ring (bicyclic) bond motifs is 2. The Morgan fingerprint density at radius 3 is 2.75 bits per heavy atom. The highest BCUT2D eigenvalue weighted by atomic mass is 19.1. The van der Waals surface area contributed by atoms with Crippen LogP contribution in [-0.2, 0) is 9.53 Å². The molecule has 3 atom stereocenters. The molecule has 0 amide bonds. The van der Waals surface area contributed by atoms with Gasteiger partial charge in [-0.2, -0.15) is 0 Å². The largest absolute Gasteiger partial charge is 0.465 e. The van der Waals surface area contributed by atoms with E-state index in [2.05, 4.69) is 12.2 Å². The maximum Gasteiger partial charge on any atom is 0.309 e. The van der Waals surface area contributed by atoms with Gasteiger partial charge in [-0.25, -0.2) is 0 Å². The number of hydrogen-bond acceptors (Lipinski definition) is 2. The van der Waals surface area contributed by atoms with Gasteiger partial charge in [-0.1, -0.05) is 12.2 Å². The number of hydrogen-bond donors (Lipinski definition) is 0. The van der Waals surface area contributed by atoms with Crippen LogP contribution in [-0.4, -0.2) is 19.3 Å². The van der Waals surface area contributed by atoms with Crippen LogP contribution in [0.3, 0.4) is 0 Å². The number of carbonyl (C=O) groups is 1. The Bertz CT molecular complexity index is 275. The molecule has 3 heteroatoms. The third-order valence-corrected chi connectivity index (χ3v) is 3.60. The first-order valence-corrected chi connectivity index (χ1v) is 6.22. The smallest absolute Gasteiger partial charge is 0.309 e. The Balaban J connectivity index is 1.63. The predicted octanol–water partition coefficient (Wildman–Crippen LogP) is 2.88. The van der Waals surface area contributed by atoms with Gasteiger partial charge in [0.05, 0.1) is 19.2 Å². The molecule has 0 radical (unpaired) electrons. The number of carbonyl (C=O) groups excluding carboxylic acids is 1. The molecule has 0 N–H and O–H groups in total. The standard InChI is InChI=1S/C13H19FO2/c14-6-2-1-3-7-16-13(15)12-9-10-4-5-11(12)8-10/h4-5,10-12H,1-3,6-9H2. The normalized spacial score (nSPS) is 30.9. The van der Waals surface area contributed by atoms with Gasteiger partial charge in [-0.3, -0.25) is 9.18 Å². The number of rotatable bonds is 6. The molecule has 0 aliphatic heterocycles. The summed E-state index contributed by atoms with van der Waals surface area (Å²) in [5.74, 6) is 1.07. The Hall–Kier alpha value is -0.860. The van der Waals surface area contributed by atoms with E-state index in [1.165, 1.54) is 0 Å². The second kappa shape index (κ2) is 5.46. The van der Waals surface area contributed by atoms with Crippen molar-refractivity contribution >= 4 is 5.97 Å². The summed E-state index contributed by atoms with van der Waals surface area (Å²) < 4.78 is 17.0. The van der Waals surface area contributed by atoms with E-state index in [1.807, 2.05) is 0 Å². The molecule has 2 bridgehead atoms. The zero-order valence-electron chi connectivity index (χ0n) is 9.53. The molecular formula is C13H19FO2. The monoisotopic (exact) mass is 226 g/mol. The molecule has 2 rings (SSSR count). The van der Waals surface area contributed by atoms with Gasteiger partial charge in [-0.15, -0.1) is 0 Å². The molecule has 3 unspecified atom stereocenters. The summed E-state index contributed by atoms with van der Waals surface area (Å²) in [5, 5.41) is 0. The molecule has 2 nitrogen and oxygen atoms in total. The third-order valence-electron chi connectivity index (χ3n) is 3.60. The van der Waals surface area contributed by atoms with Crippen LogP contribution in [0.25, 0.3) is 0 Å². The molecule has 0 aromatic carbocycles. The van der Waals surface area contributed by atoms with Gasteiger partial charge in [0.25, 0.3) is 0 Å². The topological polar surface area (TPSA) is 26.3 Å².